The van der Waals surface area contributed by atoms with Crippen molar-refractivity contribution in [2.24, 2.45) is 0 Å². The molecule has 0 radical (unpaired) electrons. The van der Waals surface area contributed by atoms with Crippen molar-refractivity contribution < 1.29 is 22.8 Å². The number of likely N-dealkylation sites (N-methyl/N-ethyl adjacent to an activating group) is 1. The first kappa shape index (κ1) is 18.5. The van der Waals surface area contributed by atoms with Gasteiger partial charge < -0.3 is 0 Å². The summed E-state index contributed by atoms with van der Waals surface area (Å²) in [5.41, 5.74) is 0.980. The summed E-state index contributed by atoms with van der Waals surface area (Å²) in [7, 11) is -2.31. The Morgan fingerprint density at radius 2 is 1.50 bits per heavy atom. The van der Waals surface area contributed by atoms with Gasteiger partial charge in [0, 0.05) is 33.2 Å². The molecule has 26 heavy (non-hydrogen) atoms. The zero-order valence-electron chi connectivity index (χ0n) is 14.6. The minimum absolute atomic E-state index is 0.0217. The van der Waals surface area contributed by atoms with Crippen LogP contribution in [0.25, 0.3) is 0 Å². The van der Waals surface area contributed by atoms with Crippen molar-refractivity contribution in [1.82, 2.24) is 19.0 Å². The van der Waals surface area contributed by atoms with Crippen LogP contribution in [0.2, 0.25) is 0 Å². The zero-order valence-corrected chi connectivity index (χ0v) is 15.4. The fraction of sp³-hybridized carbons (Fsp3) is 0.438. The van der Waals surface area contributed by atoms with E-state index in [0.717, 1.165) is 15.4 Å². The lowest BCUT2D eigenvalue weighted by Crippen LogP contribution is -2.52. The molecule has 3 rings (SSSR count). The molecule has 0 aromatic heterocycles. The molecule has 0 N–H and O–H groups in total. The second-order valence-corrected chi connectivity index (χ2v) is 8.29. The average Bonchev–Trinajstić information content (AvgIpc) is 2.80. The summed E-state index contributed by atoms with van der Waals surface area (Å²) in [6.45, 7) is 3.08. The lowest BCUT2D eigenvalue weighted by Gasteiger charge is -2.35. The minimum Gasteiger partial charge on any atom is -0.283 e. The first-order valence-electron chi connectivity index (χ1n) is 8.14. The molecule has 0 spiro atoms. The maximum absolute atomic E-state index is 12.7. The Labute approximate surface area is 151 Å². The van der Waals surface area contributed by atoms with Crippen LogP contribution in [0.5, 0.6) is 0 Å². The number of piperazine rings is 1. The van der Waals surface area contributed by atoms with Gasteiger partial charge in [-0.25, -0.2) is 18.1 Å². The number of amides is 4. The molecule has 0 saturated carbocycles. The number of sulfonamides is 1. The van der Waals surface area contributed by atoms with Gasteiger partial charge in [-0.15, -0.1) is 0 Å². The van der Waals surface area contributed by atoms with Gasteiger partial charge in [0.1, 0.15) is 0 Å². The van der Waals surface area contributed by atoms with Crippen molar-refractivity contribution in [3.63, 3.8) is 0 Å². The largest absolute Gasteiger partial charge is 0.335 e. The second kappa shape index (κ2) is 6.78. The van der Waals surface area contributed by atoms with E-state index in [0.29, 0.717) is 13.1 Å². The maximum atomic E-state index is 12.7. The zero-order chi connectivity index (χ0) is 19.1. The molecule has 0 atom stereocenters. The third-order valence-electron chi connectivity index (χ3n) is 4.58. The Morgan fingerprint density at radius 3 is 2.00 bits per heavy atom. The molecular weight excluding hydrogens is 360 g/mol. The van der Waals surface area contributed by atoms with Crippen LogP contribution in [0.4, 0.5) is 4.79 Å². The SMILES string of the molecule is Cc1ccc(S(=O)(=O)N2CCN(CN3C(=O)C(=O)N(C)C3=O)CC2)cc1. The van der Waals surface area contributed by atoms with E-state index in [2.05, 4.69) is 0 Å². The van der Waals surface area contributed by atoms with Crippen LogP contribution in [0.1, 0.15) is 5.56 Å². The van der Waals surface area contributed by atoms with Gasteiger partial charge in [0.05, 0.1) is 11.6 Å². The van der Waals surface area contributed by atoms with Gasteiger partial charge in [-0.2, -0.15) is 4.31 Å². The van der Waals surface area contributed by atoms with E-state index in [-0.39, 0.29) is 24.7 Å². The quantitative estimate of drug-likeness (QED) is 0.524. The van der Waals surface area contributed by atoms with Crippen LogP contribution in [0.3, 0.4) is 0 Å². The number of hydrogen-bond donors (Lipinski definition) is 0. The van der Waals surface area contributed by atoms with E-state index < -0.39 is 27.9 Å². The molecule has 140 valence electrons. The van der Waals surface area contributed by atoms with E-state index >= 15 is 0 Å². The number of aryl methyl sites for hydroxylation is 1. The van der Waals surface area contributed by atoms with Crippen LogP contribution >= 0.6 is 0 Å². The molecule has 2 heterocycles. The second-order valence-electron chi connectivity index (χ2n) is 6.36. The number of benzene rings is 1. The molecule has 2 fully saturated rings. The van der Waals surface area contributed by atoms with Crippen LogP contribution in [-0.4, -0.2) is 85.2 Å². The third kappa shape index (κ3) is 3.22. The molecule has 4 amide bonds. The number of rotatable bonds is 4. The average molecular weight is 380 g/mol. The van der Waals surface area contributed by atoms with Crippen LogP contribution in [0.15, 0.2) is 29.2 Å². The van der Waals surface area contributed by atoms with Crippen molar-refractivity contribution in [2.45, 2.75) is 11.8 Å². The number of nitrogens with zero attached hydrogens (tertiary/aromatic N) is 4. The highest BCUT2D eigenvalue weighted by atomic mass is 32.2. The fourth-order valence-corrected chi connectivity index (χ4v) is 4.33. The molecule has 10 heteroatoms. The number of imide groups is 2. The topological polar surface area (TPSA) is 98.3 Å². The molecule has 2 aliphatic rings. The number of hydrogen-bond acceptors (Lipinski definition) is 6. The van der Waals surface area contributed by atoms with Gasteiger partial charge in [0.25, 0.3) is 0 Å². The van der Waals surface area contributed by atoms with E-state index in [1.165, 1.54) is 11.4 Å². The molecular formula is C16H20N4O5S. The van der Waals surface area contributed by atoms with Crippen molar-refractivity contribution in [3.05, 3.63) is 29.8 Å². The molecule has 2 saturated heterocycles. The lowest BCUT2D eigenvalue weighted by molar-refractivity contribution is -0.143. The summed E-state index contributed by atoms with van der Waals surface area (Å²) in [4.78, 5) is 39.0. The van der Waals surface area contributed by atoms with Gasteiger partial charge in [-0.3, -0.25) is 19.4 Å². The molecule has 1 aromatic carbocycles. The van der Waals surface area contributed by atoms with Gasteiger partial charge >= 0.3 is 17.8 Å². The molecule has 0 aliphatic carbocycles. The molecule has 2 aliphatic heterocycles. The van der Waals surface area contributed by atoms with Crippen LogP contribution in [0, 0.1) is 6.92 Å². The fourth-order valence-electron chi connectivity index (χ4n) is 2.91. The Bertz CT molecular complexity index is 844. The summed E-state index contributed by atoms with van der Waals surface area (Å²) in [6.07, 6.45) is 0. The molecule has 0 bridgehead atoms. The van der Waals surface area contributed by atoms with E-state index in [1.807, 2.05) is 6.92 Å². The summed E-state index contributed by atoms with van der Waals surface area (Å²) < 4.78 is 26.7. The lowest BCUT2D eigenvalue weighted by atomic mass is 10.2. The number of carbonyl (C=O) groups excluding carboxylic acids is 3. The predicted molar refractivity (Wildman–Crippen MR) is 91.4 cm³/mol. The Balaban J connectivity index is 1.63. The monoisotopic (exact) mass is 380 g/mol. The number of carbonyl (C=O) groups is 3. The van der Waals surface area contributed by atoms with Gasteiger partial charge in [-0.05, 0) is 19.1 Å². The van der Waals surface area contributed by atoms with Crippen molar-refractivity contribution in [1.29, 1.82) is 0 Å². The highest BCUT2D eigenvalue weighted by molar-refractivity contribution is 7.89. The number of urea groups is 1. The smallest absolute Gasteiger partial charge is 0.283 e. The molecule has 9 nitrogen and oxygen atoms in total. The van der Waals surface area contributed by atoms with E-state index in [9.17, 15) is 22.8 Å². The van der Waals surface area contributed by atoms with Gasteiger partial charge in [0.15, 0.2) is 0 Å². The normalized spacial score (nSPS) is 20.3. The standard InChI is InChI=1S/C16H20N4O5S/c1-12-3-5-13(6-4-12)26(24,25)19-9-7-18(8-10-19)11-20-15(22)14(21)17(2)16(20)23/h3-6H,7-11H2,1-2H3. The van der Waals surface area contributed by atoms with Crippen molar-refractivity contribution >= 4 is 27.9 Å². The van der Waals surface area contributed by atoms with Crippen molar-refractivity contribution in [2.75, 3.05) is 39.9 Å². The first-order valence-corrected chi connectivity index (χ1v) is 9.58. The van der Waals surface area contributed by atoms with Crippen LogP contribution in [-0.2, 0) is 19.6 Å². The Kier molecular flexibility index (Phi) is 4.82. The van der Waals surface area contributed by atoms with E-state index in [1.54, 1.807) is 29.2 Å². The van der Waals surface area contributed by atoms with Crippen molar-refractivity contribution in [3.8, 4) is 0 Å². The Hall–Kier alpha value is -2.30. The van der Waals surface area contributed by atoms with Gasteiger partial charge in [-0.1, -0.05) is 17.7 Å². The molecule has 0 unspecified atom stereocenters. The minimum atomic E-state index is -3.57. The summed E-state index contributed by atoms with van der Waals surface area (Å²) in [5, 5.41) is 0. The summed E-state index contributed by atoms with van der Waals surface area (Å²) in [6, 6.07) is 6.01. The molecule has 1 aromatic rings. The predicted octanol–water partition coefficient (Wildman–Crippen LogP) is -0.321. The third-order valence-corrected chi connectivity index (χ3v) is 6.49. The van der Waals surface area contributed by atoms with E-state index in [4.69, 9.17) is 0 Å². The summed E-state index contributed by atoms with van der Waals surface area (Å²) >= 11 is 0. The van der Waals surface area contributed by atoms with Gasteiger partial charge in [0.2, 0.25) is 10.0 Å². The Morgan fingerprint density at radius 1 is 0.923 bits per heavy atom. The first-order chi connectivity index (χ1) is 12.2. The maximum Gasteiger partial charge on any atom is 0.335 e. The summed E-state index contributed by atoms with van der Waals surface area (Å²) in [5.74, 6) is -1.71. The highest BCUT2D eigenvalue weighted by Crippen LogP contribution is 2.19. The highest BCUT2D eigenvalue weighted by Gasteiger charge is 2.43. The van der Waals surface area contributed by atoms with Crippen LogP contribution < -0.4 is 0 Å².